The maximum absolute atomic E-state index is 11.3. The van der Waals surface area contributed by atoms with Crippen molar-refractivity contribution < 1.29 is 24.5 Å². The summed E-state index contributed by atoms with van der Waals surface area (Å²) in [6.45, 7) is 2.17. The minimum absolute atomic E-state index is 0.0505. The number of hydrogen-bond acceptors (Lipinski definition) is 5. The molecule has 0 aromatic heterocycles. The first-order valence-corrected chi connectivity index (χ1v) is 6.41. The number of esters is 1. The van der Waals surface area contributed by atoms with E-state index in [1.54, 1.807) is 25.1 Å². The molecule has 5 nitrogen and oxygen atoms in total. The molecule has 1 unspecified atom stereocenters. The van der Waals surface area contributed by atoms with E-state index in [0.717, 1.165) is 11.3 Å². The third-order valence-corrected chi connectivity index (χ3v) is 3.10. The molecule has 5 heteroatoms. The van der Waals surface area contributed by atoms with Crippen molar-refractivity contribution in [3.05, 3.63) is 29.3 Å². The molecule has 0 radical (unpaired) electrons. The third kappa shape index (κ3) is 3.45. The minimum Gasteiger partial charge on any atom is -0.490 e. The fourth-order valence-electron chi connectivity index (χ4n) is 2.17. The highest BCUT2D eigenvalue weighted by Gasteiger charge is 2.24. The van der Waals surface area contributed by atoms with Gasteiger partial charge in [0.05, 0.1) is 6.61 Å². The van der Waals surface area contributed by atoms with Crippen LogP contribution in [0.2, 0.25) is 0 Å². The first-order valence-electron chi connectivity index (χ1n) is 6.41. The molecule has 0 spiro atoms. The van der Waals surface area contributed by atoms with Crippen LogP contribution < -0.4 is 4.74 Å². The Morgan fingerprint density at radius 2 is 2.32 bits per heavy atom. The summed E-state index contributed by atoms with van der Waals surface area (Å²) in [6.07, 6.45) is 0.0938. The molecule has 1 atom stereocenters. The van der Waals surface area contributed by atoms with Gasteiger partial charge in [-0.1, -0.05) is 6.07 Å². The van der Waals surface area contributed by atoms with E-state index in [2.05, 4.69) is 0 Å². The summed E-state index contributed by atoms with van der Waals surface area (Å²) in [6, 6.07) is 5.08. The smallest absolute Gasteiger partial charge is 0.305 e. The van der Waals surface area contributed by atoms with E-state index >= 15 is 0 Å². The van der Waals surface area contributed by atoms with Gasteiger partial charge in [0.15, 0.2) is 6.29 Å². The number of aliphatic hydroxyl groups excluding tert-OH is 1. The van der Waals surface area contributed by atoms with Crippen LogP contribution >= 0.6 is 0 Å². The molecule has 2 rings (SSSR count). The molecule has 1 aliphatic rings. The standard InChI is InChI=1S/C14H18O5/c1-2-18-13(15)6-4-11-8-10-7-9(14(16)17)3-5-12(10)19-11/h3,5,7,11,14,16-17H,2,4,6,8H2,1H3. The van der Waals surface area contributed by atoms with E-state index in [1.165, 1.54) is 0 Å². The number of hydrogen-bond donors (Lipinski definition) is 2. The number of aliphatic hydroxyl groups is 2. The molecular weight excluding hydrogens is 248 g/mol. The normalized spacial score (nSPS) is 17.2. The Hall–Kier alpha value is -1.59. The zero-order chi connectivity index (χ0) is 13.8. The predicted octanol–water partition coefficient (Wildman–Crippen LogP) is 1.32. The summed E-state index contributed by atoms with van der Waals surface area (Å²) < 4.78 is 10.6. The van der Waals surface area contributed by atoms with E-state index in [4.69, 9.17) is 19.7 Å². The van der Waals surface area contributed by atoms with Crippen molar-refractivity contribution >= 4 is 5.97 Å². The maximum atomic E-state index is 11.3. The van der Waals surface area contributed by atoms with Gasteiger partial charge in [-0.25, -0.2) is 0 Å². The van der Waals surface area contributed by atoms with Crippen molar-refractivity contribution in [3.8, 4) is 5.75 Å². The first kappa shape index (κ1) is 13.8. The first-order chi connectivity index (χ1) is 9.10. The predicted molar refractivity (Wildman–Crippen MR) is 67.6 cm³/mol. The highest BCUT2D eigenvalue weighted by molar-refractivity contribution is 5.69. The molecule has 0 fully saturated rings. The second-order valence-electron chi connectivity index (χ2n) is 4.53. The lowest BCUT2D eigenvalue weighted by molar-refractivity contribution is -0.143. The van der Waals surface area contributed by atoms with Gasteiger partial charge in [-0.15, -0.1) is 0 Å². The third-order valence-electron chi connectivity index (χ3n) is 3.10. The van der Waals surface area contributed by atoms with Crippen molar-refractivity contribution in [2.75, 3.05) is 6.61 Å². The Balaban J connectivity index is 1.91. The largest absolute Gasteiger partial charge is 0.490 e. The van der Waals surface area contributed by atoms with E-state index in [-0.39, 0.29) is 12.1 Å². The van der Waals surface area contributed by atoms with E-state index in [1.807, 2.05) is 0 Å². The molecule has 1 aromatic carbocycles. The van der Waals surface area contributed by atoms with Crippen LogP contribution in [0.3, 0.4) is 0 Å². The van der Waals surface area contributed by atoms with Crippen molar-refractivity contribution in [1.82, 2.24) is 0 Å². The summed E-state index contributed by atoms with van der Waals surface area (Å²) >= 11 is 0. The second-order valence-corrected chi connectivity index (χ2v) is 4.53. The van der Waals surface area contributed by atoms with Crippen LogP contribution in [-0.2, 0) is 16.0 Å². The summed E-state index contributed by atoms with van der Waals surface area (Å²) in [4.78, 5) is 11.3. The van der Waals surface area contributed by atoms with Gasteiger partial charge >= 0.3 is 5.97 Å². The minimum atomic E-state index is -1.47. The van der Waals surface area contributed by atoms with Gasteiger partial charge in [0.25, 0.3) is 0 Å². The average Bonchev–Trinajstić information content (AvgIpc) is 2.78. The quantitative estimate of drug-likeness (QED) is 0.621. The van der Waals surface area contributed by atoms with Gasteiger partial charge < -0.3 is 19.7 Å². The van der Waals surface area contributed by atoms with Crippen LogP contribution in [0.25, 0.3) is 0 Å². The Labute approximate surface area is 111 Å². The van der Waals surface area contributed by atoms with Gasteiger partial charge in [0.1, 0.15) is 11.9 Å². The molecule has 2 N–H and O–H groups in total. The van der Waals surface area contributed by atoms with E-state index in [9.17, 15) is 4.79 Å². The SMILES string of the molecule is CCOC(=O)CCC1Cc2cc(C(O)O)ccc2O1. The Bertz CT molecular complexity index is 455. The van der Waals surface area contributed by atoms with Crippen LogP contribution in [-0.4, -0.2) is 28.9 Å². The number of carbonyl (C=O) groups is 1. The number of fused-ring (bicyclic) bond motifs is 1. The second kappa shape index (κ2) is 6.04. The molecule has 1 heterocycles. The molecule has 19 heavy (non-hydrogen) atoms. The summed E-state index contributed by atoms with van der Waals surface area (Å²) in [7, 11) is 0. The number of benzene rings is 1. The summed E-state index contributed by atoms with van der Waals surface area (Å²) in [5, 5.41) is 18.2. The zero-order valence-corrected chi connectivity index (χ0v) is 10.8. The topological polar surface area (TPSA) is 76.0 Å². The van der Waals surface area contributed by atoms with Crippen molar-refractivity contribution in [3.63, 3.8) is 0 Å². The molecule has 0 amide bonds. The molecule has 0 saturated heterocycles. The summed E-state index contributed by atoms with van der Waals surface area (Å²) in [5.74, 6) is 0.534. The Morgan fingerprint density at radius 3 is 3.00 bits per heavy atom. The van der Waals surface area contributed by atoms with Crippen molar-refractivity contribution in [2.45, 2.75) is 38.6 Å². The van der Waals surface area contributed by atoms with Gasteiger partial charge in [0.2, 0.25) is 0 Å². The van der Waals surface area contributed by atoms with Crippen LogP contribution in [0.1, 0.15) is 37.2 Å². The highest BCUT2D eigenvalue weighted by atomic mass is 16.5. The fourth-order valence-corrected chi connectivity index (χ4v) is 2.17. The molecule has 0 bridgehead atoms. The van der Waals surface area contributed by atoms with Crippen LogP contribution in [0.5, 0.6) is 5.75 Å². The van der Waals surface area contributed by atoms with E-state index in [0.29, 0.717) is 31.4 Å². The van der Waals surface area contributed by atoms with Gasteiger partial charge in [-0.2, -0.15) is 0 Å². The highest BCUT2D eigenvalue weighted by Crippen LogP contribution is 2.32. The maximum Gasteiger partial charge on any atom is 0.305 e. The Morgan fingerprint density at radius 1 is 1.53 bits per heavy atom. The number of carbonyl (C=O) groups excluding carboxylic acids is 1. The zero-order valence-electron chi connectivity index (χ0n) is 10.8. The van der Waals surface area contributed by atoms with Crippen LogP contribution in [0.4, 0.5) is 0 Å². The lowest BCUT2D eigenvalue weighted by atomic mass is 10.0. The monoisotopic (exact) mass is 266 g/mol. The summed E-state index contributed by atoms with van der Waals surface area (Å²) in [5.41, 5.74) is 1.40. The Kier molecular flexibility index (Phi) is 4.39. The van der Waals surface area contributed by atoms with Crippen LogP contribution in [0.15, 0.2) is 18.2 Å². The number of rotatable bonds is 5. The van der Waals surface area contributed by atoms with Gasteiger partial charge in [-0.3, -0.25) is 4.79 Å². The van der Waals surface area contributed by atoms with Gasteiger partial charge in [0, 0.05) is 18.4 Å². The molecule has 0 aliphatic carbocycles. The lowest BCUT2D eigenvalue weighted by Crippen LogP contribution is -2.15. The molecule has 104 valence electrons. The average molecular weight is 266 g/mol. The molecule has 0 saturated carbocycles. The van der Waals surface area contributed by atoms with Crippen molar-refractivity contribution in [1.29, 1.82) is 0 Å². The van der Waals surface area contributed by atoms with Crippen LogP contribution in [0, 0.1) is 0 Å². The fraction of sp³-hybridized carbons (Fsp3) is 0.500. The molecule has 1 aliphatic heterocycles. The molecular formula is C14H18O5. The molecule has 1 aromatic rings. The van der Waals surface area contributed by atoms with Gasteiger partial charge in [-0.05, 0) is 31.0 Å². The lowest BCUT2D eigenvalue weighted by Gasteiger charge is -2.09. The number of ether oxygens (including phenoxy) is 2. The van der Waals surface area contributed by atoms with E-state index < -0.39 is 6.29 Å². The van der Waals surface area contributed by atoms with Crippen molar-refractivity contribution in [2.24, 2.45) is 0 Å².